The van der Waals surface area contributed by atoms with E-state index < -0.39 is 5.38 Å². The summed E-state index contributed by atoms with van der Waals surface area (Å²) in [6, 6.07) is 0. The summed E-state index contributed by atoms with van der Waals surface area (Å²) >= 11 is 12.5. The number of aromatic nitrogens is 1. The summed E-state index contributed by atoms with van der Waals surface area (Å²) in [5, 5.41) is 1.75. The Balaban J connectivity index is 3.11. The molecule has 0 aliphatic carbocycles. The highest BCUT2D eigenvalue weighted by molar-refractivity contribution is 9.11. The maximum Gasteiger partial charge on any atom is 0.242 e. The van der Waals surface area contributed by atoms with Crippen LogP contribution in [0, 0.1) is 0 Å². The van der Waals surface area contributed by atoms with Crippen molar-refractivity contribution in [2.45, 2.75) is 5.38 Å². The van der Waals surface area contributed by atoms with Gasteiger partial charge in [-0.05, 0) is 31.9 Å². The van der Waals surface area contributed by atoms with Gasteiger partial charge in [-0.3, -0.25) is 9.78 Å². The standard InChI is InChI=1S/C8H7Br2ClN2O/c1-12-8(14)7(11)6-4(9)2-13-3-5(6)10/h2-3,7H,1H3,(H,12,14). The van der Waals surface area contributed by atoms with Gasteiger partial charge in [0, 0.05) is 34.0 Å². The van der Waals surface area contributed by atoms with Gasteiger partial charge in [-0.1, -0.05) is 0 Å². The van der Waals surface area contributed by atoms with Crippen LogP contribution in [0.2, 0.25) is 0 Å². The van der Waals surface area contributed by atoms with Gasteiger partial charge in [0.2, 0.25) is 5.91 Å². The number of amides is 1. The predicted molar refractivity (Wildman–Crippen MR) is 62.3 cm³/mol. The molecule has 1 unspecified atom stereocenters. The molecule has 0 aromatic carbocycles. The Hall–Kier alpha value is -0.130. The Morgan fingerprint density at radius 3 is 2.43 bits per heavy atom. The van der Waals surface area contributed by atoms with Crippen molar-refractivity contribution in [1.29, 1.82) is 0 Å². The molecular weight excluding hydrogens is 335 g/mol. The first-order valence-electron chi connectivity index (χ1n) is 3.72. The zero-order chi connectivity index (χ0) is 10.7. The van der Waals surface area contributed by atoms with Crippen molar-refractivity contribution >= 4 is 49.4 Å². The number of carbonyl (C=O) groups excluding carboxylic acids is 1. The minimum atomic E-state index is -0.730. The summed E-state index contributed by atoms with van der Waals surface area (Å²) in [7, 11) is 1.54. The van der Waals surface area contributed by atoms with Crippen LogP contribution in [-0.4, -0.2) is 17.9 Å². The minimum absolute atomic E-state index is 0.251. The van der Waals surface area contributed by atoms with Crippen LogP contribution in [0.15, 0.2) is 21.3 Å². The maximum absolute atomic E-state index is 11.3. The van der Waals surface area contributed by atoms with Crippen molar-refractivity contribution in [2.75, 3.05) is 7.05 Å². The normalized spacial score (nSPS) is 12.3. The second-order valence-corrected chi connectivity index (χ2v) is 4.64. The largest absolute Gasteiger partial charge is 0.358 e. The van der Waals surface area contributed by atoms with Crippen LogP contribution in [0.25, 0.3) is 0 Å². The van der Waals surface area contributed by atoms with Crippen LogP contribution in [0.1, 0.15) is 10.9 Å². The lowest BCUT2D eigenvalue weighted by Crippen LogP contribution is -2.23. The van der Waals surface area contributed by atoms with Crippen molar-refractivity contribution in [1.82, 2.24) is 10.3 Å². The Morgan fingerprint density at radius 2 is 2.00 bits per heavy atom. The van der Waals surface area contributed by atoms with Crippen molar-refractivity contribution in [3.8, 4) is 0 Å². The van der Waals surface area contributed by atoms with Crippen LogP contribution in [-0.2, 0) is 4.79 Å². The highest BCUT2D eigenvalue weighted by Crippen LogP contribution is 2.33. The Morgan fingerprint density at radius 1 is 1.50 bits per heavy atom. The quantitative estimate of drug-likeness (QED) is 0.840. The van der Waals surface area contributed by atoms with Crippen molar-refractivity contribution in [3.05, 3.63) is 26.9 Å². The Labute approximate surface area is 103 Å². The van der Waals surface area contributed by atoms with Crippen molar-refractivity contribution < 1.29 is 4.79 Å². The fraction of sp³-hybridized carbons (Fsp3) is 0.250. The van der Waals surface area contributed by atoms with Gasteiger partial charge in [0.05, 0.1) is 0 Å². The third-order valence-electron chi connectivity index (χ3n) is 1.62. The number of nitrogens with zero attached hydrogens (tertiary/aromatic N) is 1. The van der Waals surface area contributed by atoms with Gasteiger partial charge in [0.25, 0.3) is 0 Å². The summed E-state index contributed by atoms with van der Waals surface area (Å²) in [6.07, 6.45) is 3.19. The summed E-state index contributed by atoms with van der Waals surface area (Å²) < 4.78 is 1.41. The van der Waals surface area contributed by atoms with Gasteiger partial charge in [-0.15, -0.1) is 11.6 Å². The zero-order valence-corrected chi connectivity index (χ0v) is 11.1. The number of pyridine rings is 1. The number of nitrogens with one attached hydrogen (secondary N) is 1. The monoisotopic (exact) mass is 340 g/mol. The number of likely N-dealkylation sites (N-methyl/N-ethyl adjacent to an activating group) is 1. The number of halogens is 3. The van der Waals surface area contributed by atoms with E-state index in [0.29, 0.717) is 14.5 Å². The van der Waals surface area contributed by atoms with Gasteiger partial charge < -0.3 is 5.32 Å². The van der Waals surface area contributed by atoms with Crippen molar-refractivity contribution in [3.63, 3.8) is 0 Å². The summed E-state index contributed by atoms with van der Waals surface area (Å²) in [5.74, 6) is -0.251. The molecule has 76 valence electrons. The van der Waals surface area contributed by atoms with E-state index in [9.17, 15) is 4.79 Å². The molecule has 1 atom stereocenters. The number of hydrogen-bond acceptors (Lipinski definition) is 2. The van der Waals surface area contributed by atoms with E-state index in [1.807, 2.05) is 0 Å². The average Bonchev–Trinajstić information content (AvgIpc) is 2.16. The van der Waals surface area contributed by atoms with E-state index >= 15 is 0 Å². The molecule has 3 nitrogen and oxygen atoms in total. The predicted octanol–water partition coefficient (Wildman–Crippen LogP) is 2.63. The highest BCUT2D eigenvalue weighted by atomic mass is 79.9. The average molecular weight is 342 g/mol. The lowest BCUT2D eigenvalue weighted by atomic mass is 10.2. The molecule has 0 radical (unpaired) electrons. The third-order valence-corrected chi connectivity index (χ3v) is 3.30. The molecular formula is C8H7Br2ClN2O. The molecule has 0 spiro atoms. The van der Waals surface area contributed by atoms with Crippen LogP contribution < -0.4 is 5.32 Å². The van der Waals surface area contributed by atoms with Crippen LogP contribution in [0.3, 0.4) is 0 Å². The van der Waals surface area contributed by atoms with Gasteiger partial charge >= 0.3 is 0 Å². The number of alkyl halides is 1. The van der Waals surface area contributed by atoms with E-state index in [1.54, 1.807) is 19.4 Å². The molecule has 0 bridgehead atoms. The molecule has 1 amide bonds. The maximum atomic E-state index is 11.3. The SMILES string of the molecule is CNC(=O)C(Cl)c1c(Br)cncc1Br. The van der Waals surface area contributed by atoms with E-state index in [2.05, 4.69) is 42.2 Å². The zero-order valence-electron chi connectivity index (χ0n) is 7.22. The molecule has 14 heavy (non-hydrogen) atoms. The van der Waals surface area contributed by atoms with Gasteiger partial charge in [-0.2, -0.15) is 0 Å². The van der Waals surface area contributed by atoms with Gasteiger partial charge in [0.1, 0.15) is 5.38 Å². The van der Waals surface area contributed by atoms with Crippen LogP contribution in [0.4, 0.5) is 0 Å². The lowest BCUT2D eigenvalue weighted by molar-refractivity contribution is -0.120. The van der Waals surface area contributed by atoms with E-state index in [0.717, 1.165) is 0 Å². The smallest absolute Gasteiger partial charge is 0.242 e. The van der Waals surface area contributed by atoms with E-state index in [4.69, 9.17) is 11.6 Å². The molecule has 6 heteroatoms. The van der Waals surface area contributed by atoms with E-state index in [-0.39, 0.29) is 5.91 Å². The molecule has 1 rings (SSSR count). The fourth-order valence-electron chi connectivity index (χ4n) is 0.921. The second kappa shape index (κ2) is 5.09. The molecule has 1 heterocycles. The van der Waals surface area contributed by atoms with Crippen LogP contribution in [0.5, 0.6) is 0 Å². The highest BCUT2D eigenvalue weighted by Gasteiger charge is 2.21. The van der Waals surface area contributed by atoms with Crippen molar-refractivity contribution in [2.24, 2.45) is 0 Å². The first-order valence-corrected chi connectivity index (χ1v) is 5.74. The Kier molecular flexibility index (Phi) is 4.34. The molecule has 0 saturated heterocycles. The lowest BCUT2D eigenvalue weighted by Gasteiger charge is -2.11. The third kappa shape index (κ3) is 2.46. The molecule has 1 N–H and O–H groups in total. The van der Waals surface area contributed by atoms with Crippen LogP contribution >= 0.6 is 43.5 Å². The minimum Gasteiger partial charge on any atom is -0.358 e. The fourth-order valence-corrected chi connectivity index (χ4v) is 2.92. The molecule has 0 aliphatic rings. The molecule has 0 fully saturated rings. The topological polar surface area (TPSA) is 42.0 Å². The summed E-state index contributed by atoms with van der Waals surface area (Å²) in [5.41, 5.74) is 0.681. The second-order valence-electron chi connectivity index (χ2n) is 2.49. The number of carbonyl (C=O) groups is 1. The first-order chi connectivity index (χ1) is 6.57. The summed E-state index contributed by atoms with van der Waals surface area (Å²) in [4.78, 5) is 15.2. The molecule has 1 aromatic rings. The van der Waals surface area contributed by atoms with Gasteiger partial charge in [-0.25, -0.2) is 0 Å². The molecule has 0 saturated carbocycles. The molecule has 0 aliphatic heterocycles. The Bertz CT molecular complexity index is 339. The molecule has 1 aromatic heterocycles. The van der Waals surface area contributed by atoms with E-state index in [1.165, 1.54) is 0 Å². The van der Waals surface area contributed by atoms with Gasteiger partial charge in [0.15, 0.2) is 0 Å². The number of hydrogen-bond donors (Lipinski definition) is 1. The first kappa shape index (κ1) is 11.9. The number of rotatable bonds is 2. The summed E-state index contributed by atoms with van der Waals surface area (Å²) in [6.45, 7) is 0.